The molecule has 0 spiro atoms. The summed E-state index contributed by atoms with van der Waals surface area (Å²) in [5.74, 6) is -0.876. The lowest BCUT2D eigenvalue weighted by molar-refractivity contribution is -0.120. The van der Waals surface area contributed by atoms with Crippen molar-refractivity contribution in [2.45, 2.75) is 0 Å². The van der Waals surface area contributed by atoms with Gasteiger partial charge in [0.1, 0.15) is 28.0 Å². The van der Waals surface area contributed by atoms with E-state index in [9.17, 15) is 14.4 Å². The SMILES string of the molecule is COc1ccc(N2C(=O)C(Cl)=C(Nc3ccc(C(=O)Oc4cccc(Cl)c4)cc3)C2=O)c(OC)c1. The minimum atomic E-state index is -0.704. The lowest BCUT2D eigenvalue weighted by Crippen LogP contribution is -2.32. The molecule has 1 N–H and O–H groups in total. The van der Waals surface area contributed by atoms with Gasteiger partial charge in [-0.15, -0.1) is 0 Å². The largest absolute Gasteiger partial charge is 0.497 e. The van der Waals surface area contributed by atoms with Crippen LogP contribution in [0.3, 0.4) is 0 Å². The third-order valence-corrected chi connectivity index (χ3v) is 5.64. The van der Waals surface area contributed by atoms with E-state index in [1.807, 2.05) is 0 Å². The van der Waals surface area contributed by atoms with Crippen molar-refractivity contribution in [1.82, 2.24) is 0 Å². The molecule has 35 heavy (non-hydrogen) atoms. The number of anilines is 2. The molecule has 0 bridgehead atoms. The second-order valence-electron chi connectivity index (χ2n) is 7.22. The van der Waals surface area contributed by atoms with Crippen LogP contribution >= 0.6 is 23.2 Å². The van der Waals surface area contributed by atoms with Crippen LogP contribution in [-0.2, 0) is 9.59 Å². The molecule has 1 aliphatic heterocycles. The van der Waals surface area contributed by atoms with E-state index in [1.165, 1.54) is 38.5 Å². The van der Waals surface area contributed by atoms with Crippen molar-refractivity contribution in [2.24, 2.45) is 0 Å². The van der Waals surface area contributed by atoms with Gasteiger partial charge in [0.2, 0.25) is 0 Å². The molecule has 3 aromatic carbocycles. The predicted octanol–water partition coefficient (Wildman–Crippen LogP) is 5.01. The third kappa shape index (κ3) is 4.94. The maximum absolute atomic E-state index is 13.1. The second-order valence-corrected chi connectivity index (χ2v) is 8.04. The van der Waals surface area contributed by atoms with Gasteiger partial charge in [-0.25, -0.2) is 9.69 Å². The fraction of sp³-hybridized carbons (Fsp3) is 0.0800. The Morgan fingerprint density at radius 2 is 1.60 bits per heavy atom. The summed E-state index contributed by atoms with van der Waals surface area (Å²) in [6, 6.07) is 17.3. The number of hydrogen-bond acceptors (Lipinski definition) is 7. The first kappa shape index (κ1) is 24.1. The van der Waals surface area contributed by atoms with Gasteiger partial charge in [0.05, 0.1) is 25.5 Å². The van der Waals surface area contributed by atoms with Crippen molar-refractivity contribution < 1.29 is 28.6 Å². The summed E-state index contributed by atoms with van der Waals surface area (Å²) < 4.78 is 15.8. The van der Waals surface area contributed by atoms with Gasteiger partial charge < -0.3 is 19.5 Å². The number of carbonyl (C=O) groups is 3. The van der Waals surface area contributed by atoms with Crippen molar-refractivity contribution in [3.63, 3.8) is 0 Å². The van der Waals surface area contributed by atoms with Gasteiger partial charge in [0.15, 0.2) is 0 Å². The number of imide groups is 1. The van der Waals surface area contributed by atoms with Crippen LogP contribution in [0, 0.1) is 0 Å². The quantitative estimate of drug-likeness (QED) is 0.270. The number of esters is 1. The first-order chi connectivity index (χ1) is 16.8. The van der Waals surface area contributed by atoms with Gasteiger partial charge in [-0.1, -0.05) is 29.3 Å². The van der Waals surface area contributed by atoms with Crippen LogP contribution in [0.4, 0.5) is 11.4 Å². The maximum Gasteiger partial charge on any atom is 0.343 e. The van der Waals surface area contributed by atoms with Crippen molar-refractivity contribution in [1.29, 1.82) is 0 Å². The van der Waals surface area contributed by atoms with Crippen molar-refractivity contribution >= 4 is 52.4 Å². The Morgan fingerprint density at radius 3 is 2.26 bits per heavy atom. The van der Waals surface area contributed by atoms with Gasteiger partial charge in [0.25, 0.3) is 11.8 Å². The number of ether oxygens (including phenoxy) is 3. The summed E-state index contributed by atoms with van der Waals surface area (Å²) in [7, 11) is 2.90. The lowest BCUT2D eigenvalue weighted by Gasteiger charge is -2.18. The average molecular weight is 513 g/mol. The van der Waals surface area contributed by atoms with Crippen molar-refractivity contribution in [3.05, 3.63) is 88.0 Å². The van der Waals surface area contributed by atoms with E-state index < -0.39 is 17.8 Å². The van der Waals surface area contributed by atoms with E-state index in [1.54, 1.807) is 42.5 Å². The Hall–Kier alpha value is -4.01. The highest BCUT2D eigenvalue weighted by Crippen LogP contribution is 2.37. The number of nitrogens with one attached hydrogen (secondary N) is 1. The second kappa shape index (κ2) is 10.1. The van der Waals surface area contributed by atoms with E-state index in [0.717, 1.165) is 4.90 Å². The fourth-order valence-corrected chi connectivity index (χ4v) is 3.72. The average Bonchev–Trinajstić information content (AvgIpc) is 3.07. The minimum absolute atomic E-state index is 0.108. The molecule has 0 fully saturated rings. The Bertz CT molecular complexity index is 1350. The number of hydrogen-bond donors (Lipinski definition) is 1. The first-order valence-electron chi connectivity index (χ1n) is 10.2. The van der Waals surface area contributed by atoms with Crippen LogP contribution in [0.2, 0.25) is 5.02 Å². The molecule has 2 amide bonds. The van der Waals surface area contributed by atoms with Crippen LogP contribution < -0.4 is 24.4 Å². The molecule has 0 unspecified atom stereocenters. The number of benzene rings is 3. The Kier molecular flexibility index (Phi) is 6.95. The monoisotopic (exact) mass is 512 g/mol. The molecular weight excluding hydrogens is 495 g/mol. The molecule has 0 saturated carbocycles. The zero-order valence-corrected chi connectivity index (χ0v) is 20.0. The zero-order chi connectivity index (χ0) is 25.1. The summed E-state index contributed by atoms with van der Waals surface area (Å²) in [6.07, 6.45) is 0. The zero-order valence-electron chi connectivity index (χ0n) is 18.5. The summed E-state index contributed by atoms with van der Waals surface area (Å²) in [5, 5.41) is 3.02. The topological polar surface area (TPSA) is 94.2 Å². The Balaban J connectivity index is 1.51. The van der Waals surface area contributed by atoms with Crippen molar-refractivity contribution in [3.8, 4) is 17.2 Å². The summed E-state index contributed by atoms with van der Waals surface area (Å²) in [4.78, 5) is 39.2. The number of amides is 2. The molecule has 0 radical (unpaired) electrons. The summed E-state index contributed by atoms with van der Waals surface area (Å²) >= 11 is 12.1. The van der Waals surface area contributed by atoms with E-state index >= 15 is 0 Å². The van der Waals surface area contributed by atoms with E-state index in [-0.39, 0.29) is 27.7 Å². The van der Waals surface area contributed by atoms with Crippen LogP contribution in [0.25, 0.3) is 0 Å². The van der Waals surface area contributed by atoms with Gasteiger partial charge in [-0.05, 0) is 54.6 Å². The molecule has 4 rings (SSSR count). The predicted molar refractivity (Wildman–Crippen MR) is 131 cm³/mol. The minimum Gasteiger partial charge on any atom is -0.497 e. The molecule has 1 aliphatic rings. The number of halogens is 2. The number of carbonyl (C=O) groups excluding carboxylic acids is 3. The Labute approximate surface area is 210 Å². The molecule has 0 atom stereocenters. The molecule has 10 heteroatoms. The standard InChI is InChI=1S/C25H18Cl2N2O6/c1-33-17-10-11-19(20(13-17)34-2)29-23(30)21(27)22(24(29)31)28-16-8-6-14(7-9-16)25(32)35-18-5-3-4-15(26)12-18/h3-13,28H,1-2H3. The maximum atomic E-state index is 13.1. The molecule has 0 aliphatic carbocycles. The molecule has 0 aromatic heterocycles. The first-order valence-corrected chi connectivity index (χ1v) is 10.9. The molecule has 1 heterocycles. The van der Waals surface area contributed by atoms with Crippen LogP contribution in [0.1, 0.15) is 10.4 Å². The normalized spacial score (nSPS) is 13.2. The van der Waals surface area contributed by atoms with Crippen LogP contribution in [0.15, 0.2) is 77.5 Å². The van der Waals surface area contributed by atoms with Crippen LogP contribution in [0.5, 0.6) is 17.2 Å². The lowest BCUT2D eigenvalue weighted by atomic mass is 10.2. The van der Waals surface area contributed by atoms with Gasteiger partial charge >= 0.3 is 5.97 Å². The molecular formula is C25H18Cl2N2O6. The fourth-order valence-electron chi connectivity index (χ4n) is 3.33. The number of rotatable bonds is 7. The molecule has 178 valence electrons. The molecule has 3 aromatic rings. The number of methoxy groups -OCH3 is 2. The Morgan fingerprint density at radius 1 is 0.857 bits per heavy atom. The van der Waals surface area contributed by atoms with Crippen molar-refractivity contribution in [2.75, 3.05) is 24.4 Å². The third-order valence-electron chi connectivity index (χ3n) is 5.05. The van der Waals surface area contributed by atoms with Gasteiger partial charge in [-0.3, -0.25) is 9.59 Å². The van der Waals surface area contributed by atoms with Crippen LogP contribution in [-0.4, -0.2) is 32.0 Å². The highest BCUT2D eigenvalue weighted by molar-refractivity contribution is 6.53. The number of nitrogens with zero attached hydrogens (tertiary/aromatic N) is 1. The highest BCUT2D eigenvalue weighted by atomic mass is 35.5. The summed E-state index contributed by atoms with van der Waals surface area (Å²) in [6.45, 7) is 0. The van der Waals surface area contributed by atoms with Gasteiger partial charge in [-0.2, -0.15) is 0 Å². The molecule has 0 saturated heterocycles. The highest BCUT2D eigenvalue weighted by Gasteiger charge is 2.40. The van der Waals surface area contributed by atoms with E-state index in [4.69, 9.17) is 37.4 Å². The van der Waals surface area contributed by atoms with Gasteiger partial charge in [0, 0.05) is 16.8 Å². The molecule has 8 nitrogen and oxygen atoms in total. The smallest absolute Gasteiger partial charge is 0.343 e. The van der Waals surface area contributed by atoms with E-state index in [2.05, 4.69) is 5.32 Å². The van der Waals surface area contributed by atoms with E-state index in [0.29, 0.717) is 22.2 Å². The summed E-state index contributed by atoms with van der Waals surface area (Å²) in [5.41, 5.74) is 0.817.